The molecule has 2 aromatic carbocycles. The first kappa shape index (κ1) is 17.2. The van der Waals surface area contributed by atoms with Crippen molar-refractivity contribution >= 4 is 33.4 Å². The number of nitrogens with one attached hydrogen (secondary N) is 2. The molecule has 0 aliphatic heterocycles. The monoisotopic (exact) mass is 374 g/mol. The third-order valence-corrected chi connectivity index (χ3v) is 4.20. The van der Waals surface area contributed by atoms with Crippen LogP contribution in [0.3, 0.4) is 0 Å². The van der Waals surface area contributed by atoms with E-state index in [4.69, 9.17) is 0 Å². The van der Waals surface area contributed by atoms with Crippen molar-refractivity contribution in [3.63, 3.8) is 0 Å². The lowest BCUT2D eigenvalue weighted by Gasteiger charge is -2.10. The molecule has 0 saturated heterocycles. The molecule has 0 aromatic heterocycles. The van der Waals surface area contributed by atoms with Crippen LogP contribution >= 0.6 is 15.9 Å². The summed E-state index contributed by atoms with van der Waals surface area (Å²) in [5.74, 6) is -0.415. The molecule has 5 heteroatoms. The second kappa shape index (κ2) is 8.48. The number of benzene rings is 2. The van der Waals surface area contributed by atoms with Crippen molar-refractivity contribution in [1.82, 2.24) is 5.32 Å². The van der Waals surface area contributed by atoms with Gasteiger partial charge in [0.2, 0.25) is 11.8 Å². The van der Waals surface area contributed by atoms with Crippen molar-refractivity contribution in [2.45, 2.75) is 19.8 Å². The normalized spacial score (nSPS) is 10.2. The zero-order valence-corrected chi connectivity index (χ0v) is 14.5. The largest absolute Gasteiger partial charge is 0.347 e. The van der Waals surface area contributed by atoms with Gasteiger partial charge in [0, 0.05) is 10.2 Å². The maximum atomic E-state index is 12.0. The molecule has 2 amide bonds. The van der Waals surface area contributed by atoms with Gasteiger partial charge in [-0.25, -0.2) is 0 Å². The Morgan fingerprint density at radius 3 is 2.30 bits per heavy atom. The third kappa shape index (κ3) is 5.21. The second-order valence-corrected chi connectivity index (χ2v) is 5.96. The highest BCUT2D eigenvalue weighted by atomic mass is 79.9. The molecule has 0 aliphatic rings. The first-order valence-corrected chi connectivity index (χ1v) is 8.27. The Labute approximate surface area is 144 Å². The SMILES string of the molecule is CCc1ccccc1NC(=O)CNC(=O)Cc1ccccc1Br. The van der Waals surface area contributed by atoms with E-state index in [1.54, 1.807) is 0 Å². The molecule has 120 valence electrons. The highest BCUT2D eigenvalue weighted by Crippen LogP contribution is 2.16. The molecule has 0 atom stereocenters. The highest BCUT2D eigenvalue weighted by molar-refractivity contribution is 9.10. The van der Waals surface area contributed by atoms with Gasteiger partial charge in [-0.2, -0.15) is 0 Å². The van der Waals surface area contributed by atoms with Crippen molar-refractivity contribution < 1.29 is 9.59 Å². The minimum absolute atomic E-state index is 0.0403. The molecule has 0 heterocycles. The van der Waals surface area contributed by atoms with Crippen LogP contribution in [0.5, 0.6) is 0 Å². The Morgan fingerprint density at radius 1 is 0.957 bits per heavy atom. The molecule has 0 radical (unpaired) electrons. The number of rotatable bonds is 6. The Bertz CT molecular complexity index is 701. The van der Waals surface area contributed by atoms with E-state index in [0.29, 0.717) is 0 Å². The van der Waals surface area contributed by atoms with Crippen LogP contribution in [-0.4, -0.2) is 18.4 Å². The van der Waals surface area contributed by atoms with Gasteiger partial charge in [-0.1, -0.05) is 59.3 Å². The molecule has 0 saturated carbocycles. The predicted octanol–water partition coefficient (Wildman–Crippen LogP) is 3.31. The Morgan fingerprint density at radius 2 is 1.61 bits per heavy atom. The van der Waals surface area contributed by atoms with E-state index in [1.807, 2.05) is 55.5 Å². The van der Waals surface area contributed by atoms with E-state index in [0.717, 1.165) is 27.7 Å². The summed E-state index contributed by atoms with van der Waals surface area (Å²) in [7, 11) is 0. The molecule has 2 N–H and O–H groups in total. The van der Waals surface area contributed by atoms with E-state index < -0.39 is 0 Å². The Kier molecular flexibility index (Phi) is 6.35. The maximum Gasteiger partial charge on any atom is 0.243 e. The summed E-state index contributed by atoms with van der Waals surface area (Å²) in [6.07, 6.45) is 1.07. The van der Waals surface area contributed by atoms with E-state index in [9.17, 15) is 9.59 Å². The highest BCUT2D eigenvalue weighted by Gasteiger charge is 2.09. The molecular formula is C18H19BrN2O2. The van der Waals surface area contributed by atoms with Crippen LogP contribution in [0.1, 0.15) is 18.1 Å². The van der Waals surface area contributed by atoms with E-state index >= 15 is 0 Å². The zero-order valence-electron chi connectivity index (χ0n) is 12.9. The lowest BCUT2D eigenvalue weighted by Crippen LogP contribution is -2.34. The first-order chi connectivity index (χ1) is 11.1. The summed E-state index contributed by atoms with van der Waals surface area (Å²) in [6, 6.07) is 15.2. The first-order valence-electron chi connectivity index (χ1n) is 7.48. The molecule has 2 rings (SSSR count). The van der Waals surface area contributed by atoms with E-state index in [1.165, 1.54) is 0 Å². The van der Waals surface area contributed by atoms with Gasteiger partial charge < -0.3 is 10.6 Å². The van der Waals surface area contributed by atoms with Crippen LogP contribution < -0.4 is 10.6 Å². The van der Waals surface area contributed by atoms with Crippen LogP contribution in [-0.2, 0) is 22.4 Å². The lowest BCUT2D eigenvalue weighted by molar-refractivity contribution is -0.123. The number of halogens is 1. The van der Waals surface area contributed by atoms with Gasteiger partial charge in [0.15, 0.2) is 0 Å². The van der Waals surface area contributed by atoms with Crippen LogP contribution in [0, 0.1) is 0 Å². The number of carbonyl (C=O) groups excluding carboxylic acids is 2. The average molecular weight is 375 g/mol. The zero-order chi connectivity index (χ0) is 16.7. The minimum atomic E-state index is -0.230. The Hall–Kier alpha value is -2.14. The molecule has 0 spiro atoms. The molecular weight excluding hydrogens is 356 g/mol. The summed E-state index contributed by atoms with van der Waals surface area (Å²) in [6.45, 7) is 1.99. The number of para-hydroxylation sites is 1. The quantitative estimate of drug-likeness (QED) is 0.814. The van der Waals surface area contributed by atoms with Crippen LogP contribution in [0.25, 0.3) is 0 Å². The summed E-state index contributed by atoms with van der Waals surface area (Å²) in [4.78, 5) is 23.9. The molecule has 0 fully saturated rings. The standard InChI is InChI=1S/C18H19BrN2O2/c1-2-13-7-4-6-10-16(13)21-18(23)12-20-17(22)11-14-8-3-5-9-15(14)19/h3-10H,2,11-12H2,1H3,(H,20,22)(H,21,23). The van der Waals surface area contributed by atoms with Crippen molar-refractivity contribution in [2.24, 2.45) is 0 Å². The Balaban J connectivity index is 1.84. The molecule has 4 nitrogen and oxygen atoms in total. The second-order valence-electron chi connectivity index (χ2n) is 5.10. The van der Waals surface area contributed by atoms with Crippen LogP contribution in [0.4, 0.5) is 5.69 Å². The smallest absolute Gasteiger partial charge is 0.243 e. The van der Waals surface area contributed by atoms with Gasteiger partial charge in [0.05, 0.1) is 13.0 Å². The minimum Gasteiger partial charge on any atom is -0.347 e. The van der Waals surface area contributed by atoms with Gasteiger partial charge in [-0.15, -0.1) is 0 Å². The number of aryl methyl sites for hydroxylation is 1. The fourth-order valence-electron chi connectivity index (χ4n) is 2.20. The topological polar surface area (TPSA) is 58.2 Å². The van der Waals surface area contributed by atoms with Gasteiger partial charge >= 0.3 is 0 Å². The molecule has 0 aliphatic carbocycles. The molecule has 0 unspecified atom stereocenters. The lowest BCUT2D eigenvalue weighted by atomic mass is 10.1. The summed E-state index contributed by atoms with van der Waals surface area (Å²) in [5, 5.41) is 5.47. The molecule has 23 heavy (non-hydrogen) atoms. The fraction of sp³-hybridized carbons (Fsp3) is 0.222. The van der Waals surface area contributed by atoms with Crippen molar-refractivity contribution in [1.29, 1.82) is 0 Å². The van der Waals surface area contributed by atoms with Crippen LogP contribution in [0.15, 0.2) is 53.0 Å². The number of carbonyl (C=O) groups is 2. The summed E-state index contributed by atoms with van der Waals surface area (Å²) < 4.78 is 0.886. The van der Waals surface area contributed by atoms with Gasteiger partial charge in [-0.3, -0.25) is 9.59 Å². The summed E-state index contributed by atoms with van der Waals surface area (Å²) >= 11 is 3.41. The predicted molar refractivity (Wildman–Crippen MR) is 95.3 cm³/mol. The van der Waals surface area contributed by atoms with Crippen LogP contribution in [0.2, 0.25) is 0 Å². The third-order valence-electron chi connectivity index (χ3n) is 3.43. The average Bonchev–Trinajstić information content (AvgIpc) is 2.55. The fourth-order valence-corrected chi connectivity index (χ4v) is 2.63. The summed E-state index contributed by atoms with van der Waals surface area (Å²) in [5.41, 5.74) is 2.75. The number of anilines is 1. The molecule has 2 aromatic rings. The van der Waals surface area contributed by atoms with Gasteiger partial charge in [-0.05, 0) is 29.7 Å². The van der Waals surface area contributed by atoms with Gasteiger partial charge in [0.1, 0.15) is 0 Å². The van der Waals surface area contributed by atoms with E-state index in [-0.39, 0.29) is 24.8 Å². The molecule has 0 bridgehead atoms. The number of hydrogen-bond donors (Lipinski definition) is 2. The van der Waals surface area contributed by atoms with Crippen molar-refractivity contribution in [2.75, 3.05) is 11.9 Å². The van der Waals surface area contributed by atoms with Gasteiger partial charge in [0.25, 0.3) is 0 Å². The van der Waals surface area contributed by atoms with Crippen molar-refractivity contribution in [3.05, 3.63) is 64.1 Å². The maximum absolute atomic E-state index is 12.0. The number of hydrogen-bond acceptors (Lipinski definition) is 2. The van der Waals surface area contributed by atoms with E-state index in [2.05, 4.69) is 26.6 Å². The van der Waals surface area contributed by atoms with Crippen molar-refractivity contribution in [3.8, 4) is 0 Å². The number of amides is 2.